The van der Waals surface area contributed by atoms with Gasteiger partial charge in [0.05, 0.1) is 12.7 Å². The van der Waals surface area contributed by atoms with Gasteiger partial charge in [-0.15, -0.1) is 0 Å². The number of likely N-dealkylation sites (N-methyl/N-ethyl adjacent to an activating group) is 1. The van der Waals surface area contributed by atoms with Gasteiger partial charge in [0.2, 0.25) is 5.91 Å². The molecule has 0 aliphatic carbocycles. The number of fused-ring (bicyclic) bond motifs is 1. The maximum absolute atomic E-state index is 12.3. The second-order valence-corrected chi connectivity index (χ2v) is 4.74. The third-order valence-corrected chi connectivity index (χ3v) is 3.62. The summed E-state index contributed by atoms with van der Waals surface area (Å²) in [4.78, 5) is 36.6. The highest BCUT2D eigenvalue weighted by molar-refractivity contribution is 6.20. The van der Waals surface area contributed by atoms with Crippen LogP contribution in [-0.4, -0.2) is 37.1 Å². The number of nitrogens with zero attached hydrogens (tertiary/aromatic N) is 1. The van der Waals surface area contributed by atoms with E-state index in [1.807, 2.05) is 0 Å². The first-order valence-corrected chi connectivity index (χ1v) is 5.79. The van der Waals surface area contributed by atoms with Crippen LogP contribution >= 0.6 is 0 Å². The molecular weight excluding hydrogens is 264 g/mol. The van der Waals surface area contributed by atoms with Crippen molar-refractivity contribution in [2.24, 2.45) is 0 Å². The quantitative estimate of drug-likeness (QED) is 0.459. The molecule has 0 saturated carbocycles. The molecule has 2 rings (SSSR count). The van der Waals surface area contributed by atoms with Crippen molar-refractivity contribution in [2.45, 2.75) is 12.3 Å². The van der Waals surface area contributed by atoms with E-state index in [0.29, 0.717) is 11.3 Å². The SMILES string of the molecule is COC(=O)C1(C)C(=O)N(C)c2cc(C(=O)O)c(N)cc21. The highest BCUT2D eigenvalue weighted by Crippen LogP contribution is 2.43. The number of anilines is 2. The van der Waals surface area contributed by atoms with Gasteiger partial charge in [-0.1, -0.05) is 0 Å². The molecule has 3 N–H and O–H groups in total. The lowest BCUT2D eigenvalue weighted by molar-refractivity contribution is -0.150. The number of carbonyl (C=O) groups is 3. The molecular formula is C13H14N2O5. The number of carbonyl (C=O) groups excluding carboxylic acids is 2. The largest absolute Gasteiger partial charge is 0.478 e. The van der Waals surface area contributed by atoms with Crippen LogP contribution in [-0.2, 0) is 19.7 Å². The maximum atomic E-state index is 12.3. The van der Waals surface area contributed by atoms with Crippen molar-refractivity contribution in [3.63, 3.8) is 0 Å². The minimum absolute atomic E-state index is 0.00511. The summed E-state index contributed by atoms with van der Waals surface area (Å²) in [5.41, 5.74) is 4.75. The van der Waals surface area contributed by atoms with Crippen molar-refractivity contribution in [3.05, 3.63) is 23.3 Å². The molecule has 0 saturated heterocycles. The summed E-state index contributed by atoms with van der Waals surface area (Å²) in [6, 6.07) is 2.64. The van der Waals surface area contributed by atoms with Crippen molar-refractivity contribution in [1.82, 2.24) is 0 Å². The lowest BCUT2D eigenvalue weighted by Gasteiger charge is -2.20. The van der Waals surface area contributed by atoms with E-state index in [1.165, 1.54) is 38.1 Å². The number of hydrogen-bond acceptors (Lipinski definition) is 5. The smallest absolute Gasteiger partial charge is 0.337 e. The highest BCUT2D eigenvalue weighted by Gasteiger charge is 2.53. The molecule has 1 aromatic carbocycles. The number of esters is 1. The average Bonchev–Trinajstić information content (AvgIpc) is 2.59. The molecule has 106 valence electrons. The van der Waals surface area contributed by atoms with Gasteiger partial charge in [0.15, 0.2) is 5.41 Å². The predicted octanol–water partition coefficient (Wildman–Crippen LogP) is 0.374. The molecule has 7 nitrogen and oxygen atoms in total. The Balaban J connectivity index is 2.74. The minimum Gasteiger partial charge on any atom is -0.478 e. The molecule has 0 spiro atoms. The average molecular weight is 278 g/mol. The van der Waals surface area contributed by atoms with E-state index in [1.54, 1.807) is 0 Å². The number of methoxy groups -OCH3 is 1. The van der Waals surface area contributed by atoms with E-state index in [4.69, 9.17) is 10.8 Å². The highest BCUT2D eigenvalue weighted by atomic mass is 16.5. The van der Waals surface area contributed by atoms with Crippen molar-refractivity contribution in [3.8, 4) is 0 Å². The van der Waals surface area contributed by atoms with E-state index in [0.717, 1.165) is 0 Å². The Morgan fingerprint density at radius 2 is 2.00 bits per heavy atom. The Bertz CT molecular complexity index is 640. The topological polar surface area (TPSA) is 110 Å². The summed E-state index contributed by atoms with van der Waals surface area (Å²) < 4.78 is 4.69. The van der Waals surface area contributed by atoms with E-state index in [9.17, 15) is 14.4 Å². The second kappa shape index (κ2) is 4.22. The van der Waals surface area contributed by atoms with Gasteiger partial charge < -0.3 is 20.5 Å². The summed E-state index contributed by atoms with van der Waals surface area (Å²) >= 11 is 0. The summed E-state index contributed by atoms with van der Waals surface area (Å²) in [5, 5.41) is 9.06. The number of aromatic carboxylic acids is 1. The number of amides is 1. The van der Waals surface area contributed by atoms with Crippen LogP contribution in [0.2, 0.25) is 0 Å². The third kappa shape index (κ3) is 1.56. The second-order valence-electron chi connectivity index (χ2n) is 4.74. The normalized spacial score (nSPS) is 20.8. The maximum Gasteiger partial charge on any atom is 0.337 e. The number of nitrogens with two attached hydrogens (primary N) is 1. The van der Waals surface area contributed by atoms with Crippen LogP contribution in [0, 0.1) is 0 Å². The molecule has 1 atom stereocenters. The predicted molar refractivity (Wildman–Crippen MR) is 70.6 cm³/mol. The van der Waals surface area contributed by atoms with Crippen LogP contribution < -0.4 is 10.6 Å². The van der Waals surface area contributed by atoms with E-state index in [2.05, 4.69) is 4.74 Å². The Hall–Kier alpha value is -2.57. The molecule has 1 aliphatic rings. The number of ether oxygens (including phenoxy) is 1. The van der Waals surface area contributed by atoms with Crippen LogP contribution in [0.1, 0.15) is 22.8 Å². The van der Waals surface area contributed by atoms with Gasteiger partial charge >= 0.3 is 11.9 Å². The summed E-state index contributed by atoms with van der Waals surface area (Å²) in [5.74, 6) is -2.39. The standard InChI is InChI=1S/C13H14N2O5/c1-13(12(19)20-3)7-5-8(14)6(10(16)17)4-9(7)15(2)11(13)18/h4-5H,14H2,1-3H3,(H,16,17). The number of hydrogen-bond donors (Lipinski definition) is 2. The fraction of sp³-hybridized carbons (Fsp3) is 0.308. The van der Waals surface area contributed by atoms with Gasteiger partial charge in [-0.2, -0.15) is 0 Å². The van der Waals surface area contributed by atoms with Crippen LogP contribution in [0.4, 0.5) is 11.4 Å². The summed E-state index contributed by atoms with van der Waals surface area (Å²) in [6.45, 7) is 1.43. The first kappa shape index (κ1) is 13.9. The molecule has 7 heteroatoms. The Labute approximate surface area is 114 Å². The van der Waals surface area contributed by atoms with Gasteiger partial charge in [-0.3, -0.25) is 9.59 Å². The zero-order chi connectivity index (χ0) is 15.2. The first-order chi connectivity index (χ1) is 9.25. The zero-order valence-electron chi connectivity index (χ0n) is 11.3. The lowest BCUT2D eigenvalue weighted by Crippen LogP contribution is -2.43. The summed E-state index contributed by atoms with van der Waals surface area (Å²) in [7, 11) is 2.66. The van der Waals surface area contributed by atoms with Gasteiger partial charge in [0.1, 0.15) is 0 Å². The Morgan fingerprint density at radius 3 is 2.50 bits per heavy atom. The lowest BCUT2D eigenvalue weighted by atomic mass is 9.83. The molecule has 1 amide bonds. The number of carboxylic acids is 1. The van der Waals surface area contributed by atoms with Gasteiger partial charge in [-0.05, 0) is 19.1 Å². The molecule has 0 radical (unpaired) electrons. The number of carboxylic acid groups (broad SMARTS) is 1. The Morgan fingerprint density at radius 1 is 1.40 bits per heavy atom. The van der Waals surface area contributed by atoms with E-state index >= 15 is 0 Å². The molecule has 1 unspecified atom stereocenters. The van der Waals surface area contributed by atoms with Crippen molar-refractivity contribution in [1.29, 1.82) is 0 Å². The van der Waals surface area contributed by atoms with Crippen molar-refractivity contribution in [2.75, 3.05) is 24.8 Å². The Kier molecular flexibility index (Phi) is 2.93. The fourth-order valence-corrected chi connectivity index (χ4v) is 2.43. The van der Waals surface area contributed by atoms with Gasteiger partial charge in [-0.25, -0.2) is 4.79 Å². The van der Waals surface area contributed by atoms with Crippen molar-refractivity contribution < 1.29 is 24.2 Å². The number of rotatable bonds is 2. The molecule has 0 aromatic heterocycles. The monoisotopic (exact) mass is 278 g/mol. The molecule has 0 bridgehead atoms. The molecule has 20 heavy (non-hydrogen) atoms. The van der Waals surface area contributed by atoms with E-state index < -0.39 is 23.3 Å². The summed E-state index contributed by atoms with van der Waals surface area (Å²) in [6.07, 6.45) is 0. The zero-order valence-corrected chi connectivity index (χ0v) is 11.3. The van der Waals surface area contributed by atoms with E-state index in [-0.39, 0.29) is 11.3 Å². The fourth-order valence-electron chi connectivity index (χ4n) is 2.43. The number of nitrogen functional groups attached to an aromatic ring is 1. The number of benzene rings is 1. The first-order valence-electron chi connectivity index (χ1n) is 5.79. The molecule has 1 heterocycles. The van der Waals surface area contributed by atoms with Crippen LogP contribution in [0.3, 0.4) is 0 Å². The third-order valence-electron chi connectivity index (χ3n) is 3.62. The van der Waals surface area contributed by atoms with Crippen LogP contribution in [0.5, 0.6) is 0 Å². The van der Waals surface area contributed by atoms with Gasteiger partial charge in [0, 0.05) is 24.0 Å². The van der Waals surface area contributed by atoms with Crippen LogP contribution in [0.25, 0.3) is 0 Å². The van der Waals surface area contributed by atoms with Gasteiger partial charge in [0.25, 0.3) is 0 Å². The minimum atomic E-state index is -1.51. The van der Waals surface area contributed by atoms with Crippen LogP contribution in [0.15, 0.2) is 12.1 Å². The molecule has 1 aliphatic heterocycles. The van der Waals surface area contributed by atoms with Crippen molar-refractivity contribution >= 4 is 29.2 Å². The molecule has 0 fully saturated rings. The molecule has 1 aromatic rings.